The van der Waals surface area contributed by atoms with Crippen LogP contribution >= 0.6 is 0 Å². The first kappa shape index (κ1) is 14.1. The van der Waals surface area contributed by atoms with Crippen LogP contribution in [0.15, 0.2) is 72.8 Å². The average molecular weight is 293 g/mol. The SMILES string of the molecule is Nc1cccc(F)c1-c1ccc(OCc2ccccc2)cc1. The number of nitrogen functional groups attached to an aromatic ring is 1. The topological polar surface area (TPSA) is 35.2 Å². The fourth-order valence-corrected chi connectivity index (χ4v) is 2.30. The van der Waals surface area contributed by atoms with Gasteiger partial charge in [0, 0.05) is 11.3 Å². The Labute approximate surface area is 129 Å². The van der Waals surface area contributed by atoms with Gasteiger partial charge < -0.3 is 10.5 Å². The van der Waals surface area contributed by atoms with Gasteiger partial charge in [-0.1, -0.05) is 48.5 Å². The van der Waals surface area contributed by atoms with Crippen LogP contribution in [0.2, 0.25) is 0 Å². The maximum absolute atomic E-state index is 13.9. The summed E-state index contributed by atoms with van der Waals surface area (Å²) in [4.78, 5) is 0. The van der Waals surface area contributed by atoms with Crippen molar-refractivity contribution < 1.29 is 9.13 Å². The molecule has 0 unspecified atom stereocenters. The monoisotopic (exact) mass is 293 g/mol. The maximum Gasteiger partial charge on any atom is 0.133 e. The highest BCUT2D eigenvalue weighted by Gasteiger charge is 2.08. The van der Waals surface area contributed by atoms with Crippen molar-refractivity contribution in [1.82, 2.24) is 0 Å². The second-order valence-corrected chi connectivity index (χ2v) is 5.00. The molecule has 0 bridgehead atoms. The fourth-order valence-electron chi connectivity index (χ4n) is 2.30. The third kappa shape index (κ3) is 3.09. The maximum atomic E-state index is 13.9. The summed E-state index contributed by atoms with van der Waals surface area (Å²) in [6.07, 6.45) is 0. The summed E-state index contributed by atoms with van der Waals surface area (Å²) in [5.74, 6) is 0.417. The molecule has 0 amide bonds. The minimum absolute atomic E-state index is 0.321. The minimum Gasteiger partial charge on any atom is -0.489 e. The van der Waals surface area contributed by atoms with Gasteiger partial charge >= 0.3 is 0 Å². The van der Waals surface area contributed by atoms with Crippen molar-refractivity contribution in [1.29, 1.82) is 0 Å². The van der Waals surface area contributed by atoms with Gasteiger partial charge in [0.05, 0.1) is 0 Å². The summed E-state index contributed by atoms with van der Waals surface area (Å²) < 4.78 is 19.6. The normalized spacial score (nSPS) is 10.4. The molecular weight excluding hydrogens is 277 g/mol. The van der Waals surface area contributed by atoms with E-state index in [0.717, 1.165) is 16.9 Å². The quantitative estimate of drug-likeness (QED) is 0.710. The van der Waals surface area contributed by atoms with E-state index in [2.05, 4.69) is 0 Å². The molecule has 0 saturated carbocycles. The number of benzene rings is 3. The summed E-state index contributed by atoms with van der Waals surface area (Å²) >= 11 is 0. The molecule has 0 saturated heterocycles. The van der Waals surface area contributed by atoms with Crippen LogP contribution in [0.1, 0.15) is 5.56 Å². The molecule has 0 aromatic heterocycles. The molecule has 0 heterocycles. The zero-order chi connectivity index (χ0) is 15.4. The summed E-state index contributed by atoms with van der Waals surface area (Å²) in [7, 11) is 0. The first-order valence-corrected chi connectivity index (χ1v) is 7.05. The lowest BCUT2D eigenvalue weighted by Gasteiger charge is -2.09. The van der Waals surface area contributed by atoms with E-state index in [-0.39, 0.29) is 5.82 Å². The molecule has 0 aliphatic carbocycles. The highest BCUT2D eigenvalue weighted by molar-refractivity contribution is 5.77. The van der Waals surface area contributed by atoms with Crippen LogP contribution < -0.4 is 10.5 Å². The van der Waals surface area contributed by atoms with E-state index >= 15 is 0 Å². The van der Waals surface area contributed by atoms with Gasteiger partial charge in [0.1, 0.15) is 18.2 Å². The molecule has 0 atom stereocenters. The second kappa shape index (κ2) is 6.31. The van der Waals surface area contributed by atoms with Gasteiger partial charge in [0.2, 0.25) is 0 Å². The Morgan fingerprint density at radius 1 is 0.818 bits per heavy atom. The molecule has 3 heteroatoms. The Bertz CT molecular complexity index is 734. The van der Waals surface area contributed by atoms with Gasteiger partial charge in [0.15, 0.2) is 0 Å². The molecular formula is C19H16FNO. The molecule has 3 aromatic rings. The fraction of sp³-hybridized carbons (Fsp3) is 0.0526. The number of anilines is 1. The Kier molecular flexibility index (Phi) is 4.05. The molecule has 22 heavy (non-hydrogen) atoms. The standard InChI is InChI=1S/C19H16FNO/c20-17-7-4-8-18(21)19(17)15-9-11-16(12-10-15)22-13-14-5-2-1-3-6-14/h1-12H,13,21H2. The van der Waals surface area contributed by atoms with Gasteiger partial charge in [-0.05, 0) is 35.4 Å². The van der Waals surface area contributed by atoms with Crippen LogP contribution in [0.3, 0.4) is 0 Å². The smallest absolute Gasteiger partial charge is 0.133 e. The first-order chi connectivity index (χ1) is 10.7. The Hall–Kier alpha value is -2.81. The summed E-state index contributed by atoms with van der Waals surface area (Å²) in [6, 6.07) is 21.9. The second-order valence-electron chi connectivity index (χ2n) is 5.00. The van der Waals surface area contributed by atoms with Crippen molar-refractivity contribution >= 4 is 5.69 Å². The van der Waals surface area contributed by atoms with Gasteiger partial charge in [-0.25, -0.2) is 4.39 Å². The molecule has 0 aliphatic rings. The van der Waals surface area contributed by atoms with Crippen molar-refractivity contribution in [2.45, 2.75) is 6.61 Å². The van der Waals surface area contributed by atoms with Crippen molar-refractivity contribution in [2.24, 2.45) is 0 Å². The number of ether oxygens (including phenoxy) is 1. The molecule has 0 fully saturated rings. The lowest BCUT2D eigenvalue weighted by molar-refractivity contribution is 0.306. The van der Waals surface area contributed by atoms with E-state index < -0.39 is 0 Å². The third-order valence-electron chi connectivity index (χ3n) is 3.44. The number of hydrogen-bond donors (Lipinski definition) is 1. The Balaban J connectivity index is 1.76. The summed E-state index contributed by atoms with van der Waals surface area (Å²) in [5, 5.41) is 0. The van der Waals surface area contributed by atoms with Gasteiger partial charge in [-0.15, -0.1) is 0 Å². The number of hydrogen-bond acceptors (Lipinski definition) is 2. The first-order valence-electron chi connectivity index (χ1n) is 7.05. The zero-order valence-corrected chi connectivity index (χ0v) is 12.0. The lowest BCUT2D eigenvalue weighted by Crippen LogP contribution is -1.96. The average Bonchev–Trinajstić information content (AvgIpc) is 2.55. The van der Waals surface area contributed by atoms with E-state index in [1.807, 2.05) is 54.6 Å². The van der Waals surface area contributed by atoms with E-state index in [0.29, 0.717) is 17.9 Å². The van der Waals surface area contributed by atoms with Crippen LogP contribution in [-0.4, -0.2) is 0 Å². The Morgan fingerprint density at radius 3 is 2.23 bits per heavy atom. The van der Waals surface area contributed by atoms with Crippen LogP contribution in [0.4, 0.5) is 10.1 Å². The van der Waals surface area contributed by atoms with Crippen molar-refractivity contribution in [3.8, 4) is 16.9 Å². The molecule has 110 valence electrons. The predicted molar refractivity (Wildman–Crippen MR) is 87.0 cm³/mol. The minimum atomic E-state index is -0.321. The van der Waals surface area contributed by atoms with Crippen LogP contribution in [0.25, 0.3) is 11.1 Å². The number of nitrogens with two attached hydrogens (primary N) is 1. The van der Waals surface area contributed by atoms with Crippen LogP contribution in [0, 0.1) is 5.82 Å². The molecule has 3 rings (SSSR count). The van der Waals surface area contributed by atoms with Crippen LogP contribution in [0.5, 0.6) is 5.75 Å². The highest BCUT2D eigenvalue weighted by Crippen LogP contribution is 2.30. The van der Waals surface area contributed by atoms with Crippen molar-refractivity contribution in [3.63, 3.8) is 0 Å². The molecule has 2 N–H and O–H groups in total. The molecule has 0 radical (unpaired) electrons. The Morgan fingerprint density at radius 2 is 1.55 bits per heavy atom. The third-order valence-corrected chi connectivity index (χ3v) is 3.44. The van der Waals surface area contributed by atoms with E-state index in [1.54, 1.807) is 12.1 Å². The lowest BCUT2D eigenvalue weighted by atomic mass is 10.0. The molecule has 3 aromatic carbocycles. The van der Waals surface area contributed by atoms with E-state index in [9.17, 15) is 4.39 Å². The zero-order valence-electron chi connectivity index (χ0n) is 12.0. The molecule has 0 spiro atoms. The number of halogens is 1. The predicted octanol–water partition coefficient (Wildman–Crippen LogP) is 4.65. The highest BCUT2D eigenvalue weighted by atomic mass is 19.1. The molecule has 2 nitrogen and oxygen atoms in total. The van der Waals surface area contributed by atoms with Gasteiger partial charge in [0.25, 0.3) is 0 Å². The van der Waals surface area contributed by atoms with Crippen LogP contribution in [-0.2, 0) is 6.61 Å². The summed E-state index contributed by atoms with van der Waals surface area (Å²) in [6.45, 7) is 0.502. The molecule has 0 aliphatic heterocycles. The van der Waals surface area contributed by atoms with Crippen molar-refractivity contribution in [3.05, 3.63) is 84.2 Å². The largest absolute Gasteiger partial charge is 0.489 e. The van der Waals surface area contributed by atoms with Gasteiger partial charge in [-0.3, -0.25) is 0 Å². The van der Waals surface area contributed by atoms with E-state index in [4.69, 9.17) is 10.5 Å². The van der Waals surface area contributed by atoms with E-state index in [1.165, 1.54) is 6.07 Å². The van der Waals surface area contributed by atoms with Gasteiger partial charge in [-0.2, -0.15) is 0 Å². The summed E-state index contributed by atoms with van der Waals surface area (Å²) in [5.41, 5.74) is 8.55. The number of rotatable bonds is 4. The van der Waals surface area contributed by atoms with Crippen molar-refractivity contribution in [2.75, 3.05) is 5.73 Å².